The molecule has 178 valence electrons. The zero-order valence-corrected chi connectivity index (χ0v) is 19.4. The van der Waals surface area contributed by atoms with Crippen LogP contribution in [0.25, 0.3) is 11.3 Å². The maximum atomic E-state index is 13.9. The normalized spacial score (nSPS) is 19.1. The number of nitrogens with two attached hydrogens (primary N) is 1. The van der Waals surface area contributed by atoms with Gasteiger partial charge in [0.2, 0.25) is 0 Å². The molecule has 9 heteroatoms. The van der Waals surface area contributed by atoms with Gasteiger partial charge in [-0.15, -0.1) is 0 Å². The molecule has 2 aliphatic rings. The minimum Gasteiger partial charge on any atom is -0.485 e. The molecule has 5 rings (SSSR count). The number of anilines is 1. The molecule has 34 heavy (non-hydrogen) atoms. The van der Waals surface area contributed by atoms with Crippen LogP contribution in [-0.2, 0) is 18.6 Å². The second-order valence-electron chi connectivity index (χ2n) is 9.43. The number of nitrogen functional groups attached to an aromatic ring is 1. The lowest BCUT2D eigenvalue weighted by Gasteiger charge is -2.24. The second-order valence-corrected chi connectivity index (χ2v) is 9.43. The highest BCUT2D eigenvalue weighted by Crippen LogP contribution is 2.44. The number of aromatic nitrogens is 3. The first kappa shape index (κ1) is 22.2. The largest absolute Gasteiger partial charge is 0.485 e. The van der Waals surface area contributed by atoms with Crippen molar-refractivity contribution in [2.75, 3.05) is 18.8 Å². The molecular weight excluding hydrogens is 435 g/mol. The SMILES string of the molecule is CC(C)NC(=O)N1CCC2(CCn3nc(-c4cnc(N)c(OCc5ccccc5F)c4)cc32)C1. The summed E-state index contributed by atoms with van der Waals surface area (Å²) in [5, 5.41) is 7.79. The number of halogens is 1. The van der Waals surface area contributed by atoms with E-state index >= 15 is 0 Å². The van der Waals surface area contributed by atoms with Gasteiger partial charge in [0, 0.05) is 54.1 Å². The number of fused-ring (bicyclic) bond motifs is 2. The summed E-state index contributed by atoms with van der Waals surface area (Å²) in [4.78, 5) is 18.7. The van der Waals surface area contributed by atoms with Crippen LogP contribution in [0, 0.1) is 5.82 Å². The van der Waals surface area contributed by atoms with E-state index in [9.17, 15) is 9.18 Å². The van der Waals surface area contributed by atoms with Gasteiger partial charge in [-0.2, -0.15) is 5.10 Å². The van der Waals surface area contributed by atoms with Gasteiger partial charge >= 0.3 is 6.03 Å². The Morgan fingerprint density at radius 1 is 1.26 bits per heavy atom. The van der Waals surface area contributed by atoms with Gasteiger partial charge in [0.15, 0.2) is 11.6 Å². The van der Waals surface area contributed by atoms with Crippen molar-refractivity contribution in [3.8, 4) is 17.0 Å². The van der Waals surface area contributed by atoms with Crippen LogP contribution >= 0.6 is 0 Å². The van der Waals surface area contributed by atoms with E-state index in [1.165, 1.54) is 6.07 Å². The van der Waals surface area contributed by atoms with Crippen molar-refractivity contribution in [2.24, 2.45) is 0 Å². The molecule has 1 aromatic carbocycles. The molecule has 2 amide bonds. The number of nitrogens with zero attached hydrogens (tertiary/aromatic N) is 4. The molecule has 3 N–H and O–H groups in total. The Hall–Kier alpha value is -3.62. The zero-order chi connectivity index (χ0) is 23.9. The first-order valence-corrected chi connectivity index (χ1v) is 11.6. The number of hydrogen-bond acceptors (Lipinski definition) is 5. The summed E-state index contributed by atoms with van der Waals surface area (Å²) in [5.74, 6) is 0.306. The molecule has 2 aromatic heterocycles. The fourth-order valence-electron chi connectivity index (χ4n) is 4.88. The molecule has 0 saturated carbocycles. The summed E-state index contributed by atoms with van der Waals surface area (Å²) in [6.07, 6.45) is 3.56. The monoisotopic (exact) mass is 464 g/mol. The van der Waals surface area contributed by atoms with Gasteiger partial charge in [0.25, 0.3) is 0 Å². The molecule has 4 heterocycles. The van der Waals surface area contributed by atoms with Gasteiger partial charge in [0.05, 0.1) is 5.69 Å². The molecule has 3 aromatic rings. The highest BCUT2D eigenvalue weighted by molar-refractivity contribution is 5.75. The van der Waals surface area contributed by atoms with Gasteiger partial charge in [-0.05, 0) is 44.9 Å². The van der Waals surface area contributed by atoms with Crippen molar-refractivity contribution in [3.05, 3.63) is 59.7 Å². The summed E-state index contributed by atoms with van der Waals surface area (Å²) in [7, 11) is 0. The number of amides is 2. The van der Waals surface area contributed by atoms with Crippen LogP contribution in [0.1, 0.15) is 37.9 Å². The number of likely N-dealkylation sites (tertiary alicyclic amines) is 1. The smallest absolute Gasteiger partial charge is 0.317 e. The van der Waals surface area contributed by atoms with Crippen LogP contribution in [0.3, 0.4) is 0 Å². The molecule has 0 aliphatic carbocycles. The third kappa shape index (κ3) is 4.06. The van der Waals surface area contributed by atoms with Gasteiger partial charge in [-0.1, -0.05) is 18.2 Å². The Labute approximate surface area is 197 Å². The van der Waals surface area contributed by atoms with E-state index < -0.39 is 0 Å². The van der Waals surface area contributed by atoms with Gasteiger partial charge < -0.3 is 20.7 Å². The molecule has 1 saturated heterocycles. The third-order valence-corrected chi connectivity index (χ3v) is 6.70. The van der Waals surface area contributed by atoms with Crippen molar-refractivity contribution in [3.63, 3.8) is 0 Å². The summed E-state index contributed by atoms with van der Waals surface area (Å²) < 4.78 is 21.8. The fourth-order valence-corrected chi connectivity index (χ4v) is 4.88. The number of nitrogens with one attached hydrogen (secondary N) is 1. The highest BCUT2D eigenvalue weighted by atomic mass is 19.1. The maximum Gasteiger partial charge on any atom is 0.317 e. The van der Waals surface area contributed by atoms with Crippen molar-refractivity contribution < 1.29 is 13.9 Å². The van der Waals surface area contributed by atoms with Crippen molar-refractivity contribution in [1.29, 1.82) is 0 Å². The molecular formula is C25H29FN6O2. The Kier molecular flexibility index (Phi) is 5.63. The second kappa shape index (κ2) is 8.62. The minimum absolute atomic E-state index is 0.00978. The Morgan fingerprint density at radius 3 is 2.85 bits per heavy atom. The summed E-state index contributed by atoms with van der Waals surface area (Å²) in [6, 6.07) is 10.5. The van der Waals surface area contributed by atoms with E-state index in [4.69, 9.17) is 15.6 Å². The lowest BCUT2D eigenvalue weighted by atomic mass is 9.82. The Morgan fingerprint density at radius 2 is 2.06 bits per heavy atom. The van der Waals surface area contributed by atoms with E-state index in [-0.39, 0.29) is 35.7 Å². The number of hydrogen-bond donors (Lipinski definition) is 2. The summed E-state index contributed by atoms with van der Waals surface area (Å²) >= 11 is 0. The number of carbonyl (C=O) groups is 1. The summed E-state index contributed by atoms with van der Waals surface area (Å²) in [5.41, 5.74) is 9.09. The van der Waals surface area contributed by atoms with Gasteiger partial charge in [-0.3, -0.25) is 4.68 Å². The molecule has 2 aliphatic heterocycles. The molecule has 0 bridgehead atoms. The Balaban J connectivity index is 1.35. The number of aryl methyl sites for hydroxylation is 1. The molecule has 8 nitrogen and oxygen atoms in total. The molecule has 1 spiro atoms. The number of pyridine rings is 1. The summed E-state index contributed by atoms with van der Waals surface area (Å²) in [6.45, 7) is 6.22. The highest BCUT2D eigenvalue weighted by Gasteiger charge is 2.47. The lowest BCUT2D eigenvalue weighted by molar-refractivity contribution is 0.203. The molecule has 1 unspecified atom stereocenters. The van der Waals surface area contributed by atoms with E-state index in [2.05, 4.69) is 16.4 Å². The average Bonchev–Trinajstić information content (AvgIpc) is 3.51. The predicted molar refractivity (Wildman–Crippen MR) is 127 cm³/mol. The lowest BCUT2D eigenvalue weighted by Crippen LogP contribution is -2.43. The van der Waals surface area contributed by atoms with E-state index in [1.54, 1.807) is 30.5 Å². The first-order valence-electron chi connectivity index (χ1n) is 11.6. The van der Waals surface area contributed by atoms with E-state index in [0.29, 0.717) is 17.9 Å². The number of ether oxygens (including phenoxy) is 1. The molecule has 0 radical (unpaired) electrons. The average molecular weight is 465 g/mol. The number of carbonyl (C=O) groups excluding carboxylic acids is 1. The topological polar surface area (TPSA) is 98.3 Å². The minimum atomic E-state index is -0.325. The van der Waals surface area contributed by atoms with Crippen LogP contribution < -0.4 is 15.8 Å². The van der Waals surface area contributed by atoms with E-state index in [1.807, 2.05) is 23.4 Å². The third-order valence-electron chi connectivity index (χ3n) is 6.70. The quantitative estimate of drug-likeness (QED) is 0.600. The van der Waals surface area contributed by atoms with Crippen molar-refractivity contribution >= 4 is 11.8 Å². The van der Waals surface area contributed by atoms with Crippen LogP contribution in [0.4, 0.5) is 15.0 Å². The standard InChI is InChI=1S/C25H29FN6O2/c1-16(2)29-24(33)31-9-7-25(15-31)8-10-32-22(25)12-20(30-32)18-11-21(23(27)28-13-18)34-14-17-5-3-4-6-19(17)26/h3-6,11-13,16H,7-10,14-15H2,1-2H3,(H2,27,28)(H,29,33). The van der Waals surface area contributed by atoms with Crippen LogP contribution in [0.5, 0.6) is 5.75 Å². The van der Waals surface area contributed by atoms with Gasteiger partial charge in [0.1, 0.15) is 12.4 Å². The fraction of sp³-hybridized carbons (Fsp3) is 0.400. The van der Waals surface area contributed by atoms with Gasteiger partial charge in [-0.25, -0.2) is 14.2 Å². The van der Waals surface area contributed by atoms with Crippen LogP contribution in [0.2, 0.25) is 0 Å². The van der Waals surface area contributed by atoms with Crippen LogP contribution in [0.15, 0.2) is 42.6 Å². The Bertz CT molecular complexity index is 1230. The maximum absolute atomic E-state index is 13.9. The molecule has 1 fully saturated rings. The zero-order valence-electron chi connectivity index (χ0n) is 19.4. The number of benzene rings is 1. The van der Waals surface area contributed by atoms with Crippen molar-refractivity contribution in [2.45, 2.75) is 51.3 Å². The van der Waals surface area contributed by atoms with Crippen molar-refractivity contribution in [1.82, 2.24) is 25.0 Å². The number of urea groups is 1. The van der Waals surface area contributed by atoms with E-state index in [0.717, 1.165) is 42.9 Å². The number of rotatable bonds is 5. The molecule has 1 atom stereocenters. The first-order chi connectivity index (χ1) is 16.3. The predicted octanol–water partition coefficient (Wildman–Crippen LogP) is 3.71. The van der Waals surface area contributed by atoms with Crippen LogP contribution in [-0.4, -0.2) is 44.8 Å².